The maximum absolute atomic E-state index is 12.0. The van der Waals surface area contributed by atoms with Crippen molar-refractivity contribution < 1.29 is 13.9 Å². The zero-order chi connectivity index (χ0) is 14.8. The molecule has 0 unspecified atom stereocenters. The number of hydrogen-bond donors (Lipinski definition) is 1. The van der Waals surface area contributed by atoms with Crippen molar-refractivity contribution in [2.45, 2.75) is 6.92 Å². The lowest BCUT2D eigenvalue weighted by molar-refractivity contribution is 0.0995. The monoisotopic (exact) mass is 366 g/mol. The van der Waals surface area contributed by atoms with Crippen molar-refractivity contribution in [3.05, 3.63) is 40.8 Å². The topological polar surface area (TPSA) is 64.4 Å². The Morgan fingerprint density at radius 2 is 2.29 bits per heavy atom. The first kappa shape index (κ1) is 14.1. The first-order valence-corrected chi connectivity index (χ1v) is 7.86. The number of benzene rings is 1. The van der Waals surface area contributed by atoms with E-state index in [9.17, 15) is 4.79 Å². The van der Waals surface area contributed by atoms with Crippen molar-refractivity contribution in [2.75, 3.05) is 11.9 Å². The second-order valence-corrected chi connectivity index (χ2v) is 5.95. The number of furan rings is 1. The maximum Gasteiger partial charge on any atom is 0.293 e. The first-order valence-electron chi connectivity index (χ1n) is 6.26. The van der Waals surface area contributed by atoms with Gasteiger partial charge in [0.15, 0.2) is 15.6 Å². The molecule has 1 amide bonds. The van der Waals surface area contributed by atoms with E-state index in [0.29, 0.717) is 16.4 Å². The molecule has 0 fully saturated rings. The van der Waals surface area contributed by atoms with Crippen LogP contribution in [0, 0.1) is 0 Å². The van der Waals surface area contributed by atoms with Crippen LogP contribution in [0.1, 0.15) is 17.5 Å². The van der Waals surface area contributed by atoms with Crippen molar-refractivity contribution >= 4 is 48.5 Å². The summed E-state index contributed by atoms with van der Waals surface area (Å²) in [5.74, 6) is 0.697. The number of fused-ring (bicyclic) bond motifs is 1. The number of aromatic nitrogens is 1. The zero-order valence-electron chi connectivity index (χ0n) is 11.1. The summed E-state index contributed by atoms with van der Waals surface area (Å²) in [5, 5.41) is 3.25. The predicted octanol–water partition coefficient (Wildman–Crippen LogP) is 4.30. The Bertz CT molecular complexity index is 796. The molecule has 0 saturated heterocycles. The second-order valence-electron chi connectivity index (χ2n) is 4.14. The van der Waals surface area contributed by atoms with Gasteiger partial charge in [0.2, 0.25) is 0 Å². The molecule has 108 valence electrons. The molecule has 0 aliphatic rings. The number of hydrogen-bond acceptors (Lipinski definition) is 5. The summed E-state index contributed by atoms with van der Waals surface area (Å²) in [6, 6.07) is 8.91. The number of anilines is 1. The lowest BCUT2D eigenvalue weighted by Crippen LogP contribution is -2.10. The molecular formula is C14H11BrN2O3S. The standard InChI is InChI=1S/C14H11BrN2O3S/c1-2-19-8-3-4-9-11(7-8)21-14(16-9)17-13(18)10-5-6-12(15)20-10/h3-7H,2H2,1H3,(H,16,17,18). The van der Waals surface area contributed by atoms with Crippen LogP contribution < -0.4 is 10.1 Å². The van der Waals surface area contributed by atoms with Crippen molar-refractivity contribution in [2.24, 2.45) is 0 Å². The molecule has 0 aliphatic heterocycles. The summed E-state index contributed by atoms with van der Waals surface area (Å²) >= 11 is 4.55. The summed E-state index contributed by atoms with van der Waals surface area (Å²) in [6.07, 6.45) is 0. The van der Waals surface area contributed by atoms with Crippen LogP contribution in [0.4, 0.5) is 5.13 Å². The van der Waals surface area contributed by atoms with Gasteiger partial charge in [-0.3, -0.25) is 10.1 Å². The molecular weight excluding hydrogens is 356 g/mol. The number of rotatable bonds is 4. The minimum atomic E-state index is -0.329. The highest BCUT2D eigenvalue weighted by molar-refractivity contribution is 9.10. The van der Waals surface area contributed by atoms with E-state index in [-0.39, 0.29) is 11.7 Å². The van der Waals surface area contributed by atoms with Gasteiger partial charge in [0.25, 0.3) is 5.91 Å². The fourth-order valence-corrected chi connectivity index (χ4v) is 3.01. The third-order valence-electron chi connectivity index (χ3n) is 2.69. The fourth-order valence-electron chi connectivity index (χ4n) is 1.81. The third-order valence-corrected chi connectivity index (χ3v) is 4.05. The zero-order valence-corrected chi connectivity index (χ0v) is 13.5. The quantitative estimate of drug-likeness (QED) is 0.747. The van der Waals surface area contributed by atoms with Crippen LogP contribution in [0.15, 0.2) is 39.4 Å². The van der Waals surface area contributed by atoms with E-state index in [1.54, 1.807) is 12.1 Å². The van der Waals surface area contributed by atoms with Crippen LogP contribution in [0.3, 0.4) is 0 Å². The summed E-state index contributed by atoms with van der Waals surface area (Å²) in [5.41, 5.74) is 0.819. The minimum absolute atomic E-state index is 0.233. The van der Waals surface area contributed by atoms with Gasteiger partial charge in [-0.1, -0.05) is 11.3 Å². The molecule has 0 bridgehead atoms. The number of amides is 1. The SMILES string of the molecule is CCOc1ccc2nc(NC(=O)c3ccc(Br)o3)sc2c1. The number of halogens is 1. The Balaban J connectivity index is 1.82. The summed E-state index contributed by atoms with van der Waals surface area (Å²) < 4.78 is 12.1. The van der Waals surface area contributed by atoms with Crippen molar-refractivity contribution in [1.29, 1.82) is 0 Å². The first-order chi connectivity index (χ1) is 10.2. The van der Waals surface area contributed by atoms with Crippen molar-refractivity contribution in [3.63, 3.8) is 0 Å². The molecule has 0 radical (unpaired) electrons. The van der Waals surface area contributed by atoms with Crippen LogP contribution in [-0.2, 0) is 0 Å². The second kappa shape index (κ2) is 5.87. The Morgan fingerprint density at radius 3 is 3.00 bits per heavy atom. The molecule has 5 nitrogen and oxygen atoms in total. The minimum Gasteiger partial charge on any atom is -0.494 e. The van der Waals surface area contributed by atoms with Crippen molar-refractivity contribution in [1.82, 2.24) is 4.98 Å². The van der Waals surface area contributed by atoms with E-state index in [1.807, 2.05) is 25.1 Å². The highest BCUT2D eigenvalue weighted by atomic mass is 79.9. The molecule has 0 aliphatic carbocycles. The number of nitrogens with one attached hydrogen (secondary N) is 1. The summed E-state index contributed by atoms with van der Waals surface area (Å²) in [4.78, 5) is 16.4. The van der Waals surface area contributed by atoms with Gasteiger partial charge in [-0.25, -0.2) is 4.98 Å². The van der Waals surface area contributed by atoms with Gasteiger partial charge >= 0.3 is 0 Å². The Labute approximate surface area is 133 Å². The highest BCUT2D eigenvalue weighted by Gasteiger charge is 2.13. The number of carbonyl (C=O) groups is 1. The molecule has 21 heavy (non-hydrogen) atoms. The summed E-state index contributed by atoms with van der Waals surface area (Å²) in [6.45, 7) is 2.55. The number of carbonyl (C=O) groups excluding carboxylic acids is 1. The molecule has 7 heteroatoms. The molecule has 3 aromatic rings. The molecule has 0 atom stereocenters. The fraction of sp³-hybridized carbons (Fsp3) is 0.143. The smallest absolute Gasteiger partial charge is 0.293 e. The van der Waals surface area contributed by atoms with Gasteiger partial charge in [-0.05, 0) is 53.2 Å². The van der Waals surface area contributed by atoms with E-state index in [1.165, 1.54) is 11.3 Å². The number of thiazole rings is 1. The molecule has 2 heterocycles. The molecule has 2 aromatic heterocycles. The highest BCUT2D eigenvalue weighted by Crippen LogP contribution is 2.29. The van der Waals surface area contributed by atoms with Gasteiger partial charge in [-0.2, -0.15) is 0 Å². The summed E-state index contributed by atoms with van der Waals surface area (Å²) in [7, 11) is 0. The Morgan fingerprint density at radius 1 is 1.43 bits per heavy atom. The lowest BCUT2D eigenvalue weighted by Gasteiger charge is -2.00. The van der Waals surface area contributed by atoms with E-state index in [4.69, 9.17) is 9.15 Å². The van der Waals surface area contributed by atoms with E-state index < -0.39 is 0 Å². The largest absolute Gasteiger partial charge is 0.494 e. The number of ether oxygens (including phenoxy) is 1. The van der Waals surface area contributed by atoms with Crippen LogP contribution in [0.25, 0.3) is 10.2 Å². The maximum atomic E-state index is 12.0. The van der Waals surface area contributed by atoms with E-state index in [2.05, 4.69) is 26.2 Å². The van der Waals surface area contributed by atoms with Crippen molar-refractivity contribution in [3.8, 4) is 5.75 Å². The van der Waals surface area contributed by atoms with Gasteiger partial charge in [0, 0.05) is 0 Å². The Hall–Kier alpha value is -1.86. The van der Waals surface area contributed by atoms with Gasteiger partial charge in [0.05, 0.1) is 16.8 Å². The van der Waals surface area contributed by atoms with Crippen LogP contribution in [-0.4, -0.2) is 17.5 Å². The normalized spacial score (nSPS) is 10.8. The van der Waals surface area contributed by atoms with E-state index in [0.717, 1.165) is 16.0 Å². The predicted molar refractivity (Wildman–Crippen MR) is 85.2 cm³/mol. The molecule has 3 rings (SSSR count). The average molecular weight is 367 g/mol. The average Bonchev–Trinajstić information content (AvgIpc) is 3.04. The molecule has 0 saturated carbocycles. The van der Waals surface area contributed by atoms with Crippen LogP contribution >= 0.6 is 27.3 Å². The Kier molecular flexibility index (Phi) is 3.94. The lowest BCUT2D eigenvalue weighted by atomic mass is 10.3. The number of nitrogens with zero attached hydrogens (tertiary/aromatic N) is 1. The molecule has 1 aromatic carbocycles. The molecule has 1 N–H and O–H groups in total. The van der Waals surface area contributed by atoms with Gasteiger partial charge in [0.1, 0.15) is 5.75 Å². The van der Waals surface area contributed by atoms with E-state index >= 15 is 0 Å². The van der Waals surface area contributed by atoms with Crippen LogP contribution in [0.5, 0.6) is 5.75 Å². The van der Waals surface area contributed by atoms with Crippen LogP contribution in [0.2, 0.25) is 0 Å². The van der Waals surface area contributed by atoms with Gasteiger partial charge < -0.3 is 9.15 Å². The molecule has 0 spiro atoms. The third kappa shape index (κ3) is 3.08. The van der Waals surface area contributed by atoms with Gasteiger partial charge in [-0.15, -0.1) is 0 Å².